The Hall–Kier alpha value is -0.990. The molecule has 0 saturated carbocycles. The molecule has 0 aliphatic rings. The van der Waals surface area contributed by atoms with Gasteiger partial charge in [0.1, 0.15) is 0 Å². The van der Waals surface area contributed by atoms with E-state index in [2.05, 4.69) is 55.3 Å². The maximum Gasteiger partial charge on any atom is 0.0104 e. The molecule has 0 amide bonds. The zero-order valence-electron chi connectivity index (χ0n) is 11.4. The highest BCUT2D eigenvalue weighted by molar-refractivity contribution is 7.99. The van der Waals surface area contributed by atoms with Gasteiger partial charge in [0.05, 0.1) is 0 Å². The molecule has 0 nitrogen and oxygen atoms in total. The van der Waals surface area contributed by atoms with Gasteiger partial charge in [0, 0.05) is 15.5 Å². The molecule has 1 aromatic carbocycles. The predicted octanol–water partition coefficient (Wildman–Crippen LogP) is 5.59. The van der Waals surface area contributed by atoms with E-state index in [9.17, 15) is 0 Å². The summed E-state index contributed by atoms with van der Waals surface area (Å²) in [7, 11) is 0. The summed E-state index contributed by atoms with van der Waals surface area (Å²) in [5, 5.41) is 2.15. The number of hydrogen-bond acceptors (Lipinski definition) is 2. The van der Waals surface area contributed by atoms with Crippen LogP contribution in [0.2, 0.25) is 0 Å². The summed E-state index contributed by atoms with van der Waals surface area (Å²) in [5.74, 6) is 1.16. The molecular weight excluding hydrogens is 268 g/mol. The number of aryl methyl sites for hydroxylation is 2. The van der Waals surface area contributed by atoms with Crippen LogP contribution in [0.5, 0.6) is 0 Å². The van der Waals surface area contributed by atoms with Crippen molar-refractivity contribution in [1.82, 2.24) is 0 Å². The van der Waals surface area contributed by atoms with Gasteiger partial charge in [-0.15, -0.1) is 29.7 Å². The minimum Gasteiger partial charge on any atom is -0.149 e. The first-order chi connectivity index (χ1) is 9.25. The molecule has 19 heavy (non-hydrogen) atoms. The lowest BCUT2D eigenvalue weighted by atomic mass is 10.1. The van der Waals surface area contributed by atoms with Crippen LogP contribution in [0, 0.1) is 0 Å². The number of thiophene rings is 1. The molecule has 0 aliphatic heterocycles. The summed E-state index contributed by atoms with van der Waals surface area (Å²) in [6.07, 6.45) is 3.36. The number of allylic oxidation sites excluding steroid dienone is 1. The quantitative estimate of drug-likeness (QED) is 0.472. The van der Waals surface area contributed by atoms with E-state index in [0.717, 1.165) is 25.0 Å². The SMILES string of the molecule is C=C(C)CCc1ccccc1SCCc1cccs1. The molecule has 0 spiro atoms. The standard InChI is InChI=1S/C17H20S2/c1-14(2)9-10-15-6-3-4-8-17(15)19-13-11-16-7-5-12-18-16/h3-8,12H,1,9-11,13H2,2H3. The van der Waals surface area contributed by atoms with E-state index in [4.69, 9.17) is 0 Å². The van der Waals surface area contributed by atoms with Crippen LogP contribution in [0.3, 0.4) is 0 Å². The average molecular weight is 288 g/mol. The Kier molecular flexibility index (Phi) is 5.74. The Balaban J connectivity index is 1.89. The highest BCUT2D eigenvalue weighted by atomic mass is 32.2. The maximum atomic E-state index is 3.99. The molecule has 0 saturated heterocycles. The summed E-state index contributed by atoms with van der Waals surface area (Å²) in [4.78, 5) is 2.91. The molecule has 100 valence electrons. The van der Waals surface area contributed by atoms with Crippen molar-refractivity contribution < 1.29 is 0 Å². The van der Waals surface area contributed by atoms with Crippen LogP contribution in [-0.2, 0) is 12.8 Å². The van der Waals surface area contributed by atoms with Gasteiger partial charge in [-0.05, 0) is 49.3 Å². The van der Waals surface area contributed by atoms with Crippen molar-refractivity contribution in [2.24, 2.45) is 0 Å². The first kappa shape index (κ1) is 14.4. The van der Waals surface area contributed by atoms with Crippen LogP contribution in [0.4, 0.5) is 0 Å². The van der Waals surface area contributed by atoms with Crippen LogP contribution < -0.4 is 0 Å². The molecule has 1 aromatic heterocycles. The molecule has 0 unspecified atom stereocenters. The Morgan fingerprint density at radius 3 is 2.74 bits per heavy atom. The van der Waals surface area contributed by atoms with Gasteiger partial charge in [-0.3, -0.25) is 0 Å². The molecule has 1 heterocycles. The highest BCUT2D eigenvalue weighted by Gasteiger charge is 2.03. The van der Waals surface area contributed by atoms with Crippen molar-refractivity contribution in [3.05, 3.63) is 64.4 Å². The minimum absolute atomic E-state index is 1.09. The van der Waals surface area contributed by atoms with Crippen LogP contribution in [-0.4, -0.2) is 5.75 Å². The highest BCUT2D eigenvalue weighted by Crippen LogP contribution is 2.25. The van der Waals surface area contributed by atoms with Crippen LogP contribution in [0.15, 0.2) is 58.8 Å². The van der Waals surface area contributed by atoms with Gasteiger partial charge in [0.25, 0.3) is 0 Å². The van der Waals surface area contributed by atoms with Crippen LogP contribution in [0.1, 0.15) is 23.8 Å². The maximum absolute atomic E-state index is 3.99. The van der Waals surface area contributed by atoms with Gasteiger partial charge in [0.2, 0.25) is 0 Å². The molecule has 0 aliphatic carbocycles. The number of rotatable bonds is 7. The van der Waals surface area contributed by atoms with Gasteiger partial charge in [-0.25, -0.2) is 0 Å². The Morgan fingerprint density at radius 2 is 2.00 bits per heavy atom. The van der Waals surface area contributed by atoms with Gasteiger partial charge in [0.15, 0.2) is 0 Å². The van der Waals surface area contributed by atoms with Gasteiger partial charge in [-0.2, -0.15) is 0 Å². The van der Waals surface area contributed by atoms with E-state index in [0.29, 0.717) is 0 Å². The van der Waals surface area contributed by atoms with E-state index in [-0.39, 0.29) is 0 Å². The number of benzene rings is 1. The minimum atomic E-state index is 1.09. The third-order valence-electron chi connectivity index (χ3n) is 2.98. The van der Waals surface area contributed by atoms with E-state index in [1.165, 1.54) is 20.9 Å². The second kappa shape index (κ2) is 7.56. The van der Waals surface area contributed by atoms with Crippen molar-refractivity contribution in [1.29, 1.82) is 0 Å². The van der Waals surface area contributed by atoms with Crippen molar-refractivity contribution in [2.45, 2.75) is 31.1 Å². The monoisotopic (exact) mass is 288 g/mol. The fourth-order valence-electron chi connectivity index (χ4n) is 1.92. The predicted molar refractivity (Wildman–Crippen MR) is 88.3 cm³/mol. The largest absolute Gasteiger partial charge is 0.149 e. The second-order valence-electron chi connectivity index (χ2n) is 4.74. The molecule has 0 fully saturated rings. The van der Waals surface area contributed by atoms with Gasteiger partial charge >= 0.3 is 0 Å². The molecule has 2 rings (SSSR count). The third kappa shape index (κ3) is 4.88. The summed E-state index contributed by atoms with van der Waals surface area (Å²) >= 11 is 3.83. The second-order valence-corrected chi connectivity index (χ2v) is 6.91. The van der Waals surface area contributed by atoms with E-state index >= 15 is 0 Å². The van der Waals surface area contributed by atoms with Crippen molar-refractivity contribution in [3.8, 4) is 0 Å². The topological polar surface area (TPSA) is 0 Å². The van der Waals surface area contributed by atoms with Crippen molar-refractivity contribution in [3.63, 3.8) is 0 Å². The Morgan fingerprint density at radius 1 is 1.16 bits per heavy atom. The summed E-state index contributed by atoms with van der Waals surface area (Å²) in [5.41, 5.74) is 2.72. The van der Waals surface area contributed by atoms with E-state index < -0.39 is 0 Å². The van der Waals surface area contributed by atoms with E-state index in [1.807, 2.05) is 23.1 Å². The normalized spacial score (nSPS) is 10.6. The number of thioether (sulfide) groups is 1. The summed E-state index contributed by atoms with van der Waals surface area (Å²) in [6, 6.07) is 13.1. The Labute approximate surface area is 124 Å². The zero-order chi connectivity index (χ0) is 13.5. The Bertz CT molecular complexity index is 512. The number of hydrogen-bond donors (Lipinski definition) is 0. The smallest absolute Gasteiger partial charge is 0.0104 e. The first-order valence-corrected chi connectivity index (χ1v) is 8.49. The lowest BCUT2D eigenvalue weighted by Crippen LogP contribution is -1.91. The van der Waals surface area contributed by atoms with Gasteiger partial charge < -0.3 is 0 Å². The first-order valence-electron chi connectivity index (χ1n) is 6.63. The lowest BCUT2D eigenvalue weighted by molar-refractivity contribution is 0.923. The molecule has 2 heteroatoms. The zero-order valence-corrected chi connectivity index (χ0v) is 13.0. The van der Waals surface area contributed by atoms with Gasteiger partial charge in [-0.1, -0.05) is 29.8 Å². The summed E-state index contributed by atoms with van der Waals surface area (Å²) < 4.78 is 0. The molecular formula is C17H20S2. The molecule has 0 atom stereocenters. The van der Waals surface area contributed by atoms with Crippen molar-refractivity contribution >= 4 is 23.1 Å². The average Bonchev–Trinajstić information content (AvgIpc) is 2.91. The van der Waals surface area contributed by atoms with Crippen LogP contribution >= 0.6 is 23.1 Å². The summed E-state index contributed by atoms with van der Waals surface area (Å²) in [6.45, 7) is 6.09. The third-order valence-corrected chi connectivity index (χ3v) is 5.03. The molecule has 2 aromatic rings. The fraction of sp³-hybridized carbons (Fsp3) is 0.294. The molecule has 0 bridgehead atoms. The fourth-order valence-corrected chi connectivity index (χ4v) is 3.83. The van der Waals surface area contributed by atoms with Crippen LogP contribution in [0.25, 0.3) is 0 Å². The lowest BCUT2D eigenvalue weighted by Gasteiger charge is -2.08. The van der Waals surface area contributed by atoms with Crippen molar-refractivity contribution in [2.75, 3.05) is 5.75 Å². The van der Waals surface area contributed by atoms with E-state index in [1.54, 1.807) is 0 Å². The molecule has 0 radical (unpaired) electrons. The molecule has 0 N–H and O–H groups in total.